The van der Waals surface area contributed by atoms with Gasteiger partial charge in [-0.05, 0) is 57.4 Å². The Morgan fingerprint density at radius 2 is 1.47 bits per heavy atom. The fourth-order valence-electron chi connectivity index (χ4n) is 3.54. The monoisotopic (exact) mass is 625 g/mol. The van der Waals surface area contributed by atoms with Crippen molar-refractivity contribution < 1.29 is 49.4 Å². The molecule has 1 aliphatic heterocycles. The fraction of sp³-hybridized carbons (Fsp3) is 0.300. The maximum absolute atomic E-state index is 14.4. The maximum Gasteiger partial charge on any atom is 0.416 e. The molecule has 0 bridgehead atoms. The molecule has 2 unspecified atom stereocenters. The second-order valence-corrected chi connectivity index (χ2v) is 9.10. The van der Waals surface area contributed by atoms with E-state index in [1.54, 1.807) is 0 Å². The molecule has 0 amide bonds. The lowest BCUT2D eigenvalue weighted by molar-refractivity contribution is -0.182. The molecule has 2 aromatic carbocycles. The topological polar surface area (TPSA) is 49.7 Å². The van der Waals surface area contributed by atoms with Crippen molar-refractivity contribution in [1.29, 1.82) is 0 Å². The SMILES string of the molecule is O=C(O)c1ccc(C2=NCC(c3cc(C(F)(F)F)cc(C(F)(F)F)c3)(C(F)(F)F)C2Br)cc1Br. The van der Waals surface area contributed by atoms with Gasteiger partial charge in [-0.2, -0.15) is 39.5 Å². The van der Waals surface area contributed by atoms with Crippen LogP contribution in [0, 0.1) is 0 Å². The predicted molar refractivity (Wildman–Crippen MR) is 109 cm³/mol. The summed E-state index contributed by atoms with van der Waals surface area (Å²) in [4.78, 5) is 13.1. The van der Waals surface area contributed by atoms with Crippen LogP contribution in [-0.4, -0.2) is 34.3 Å². The van der Waals surface area contributed by atoms with Gasteiger partial charge in [0.1, 0.15) is 5.41 Å². The van der Waals surface area contributed by atoms with Gasteiger partial charge in [-0.15, -0.1) is 0 Å². The molecule has 184 valence electrons. The average molecular weight is 627 g/mol. The number of halogens is 11. The first-order valence-electron chi connectivity index (χ1n) is 8.98. The third-order valence-electron chi connectivity index (χ3n) is 5.28. The number of hydrogen-bond donors (Lipinski definition) is 1. The molecule has 3 rings (SSSR count). The number of carboxylic acids is 1. The van der Waals surface area contributed by atoms with E-state index >= 15 is 0 Å². The molecule has 1 aliphatic rings. The predicted octanol–water partition coefficient (Wildman–Crippen LogP) is 7.25. The third-order valence-corrected chi connectivity index (χ3v) is 7.15. The van der Waals surface area contributed by atoms with E-state index in [0.29, 0.717) is 0 Å². The second kappa shape index (κ2) is 8.54. The molecule has 1 N–H and O–H groups in total. The van der Waals surface area contributed by atoms with Gasteiger partial charge in [0.25, 0.3) is 0 Å². The van der Waals surface area contributed by atoms with Crippen LogP contribution in [0.1, 0.15) is 32.6 Å². The smallest absolute Gasteiger partial charge is 0.416 e. The van der Waals surface area contributed by atoms with Crippen LogP contribution >= 0.6 is 31.9 Å². The van der Waals surface area contributed by atoms with E-state index in [2.05, 4.69) is 36.9 Å². The van der Waals surface area contributed by atoms with Gasteiger partial charge in [0, 0.05) is 4.47 Å². The minimum absolute atomic E-state index is 0.00658. The summed E-state index contributed by atoms with van der Waals surface area (Å²) < 4.78 is 123. The Labute approximate surface area is 201 Å². The molecule has 0 saturated heterocycles. The highest BCUT2D eigenvalue weighted by atomic mass is 79.9. The van der Waals surface area contributed by atoms with E-state index in [4.69, 9.17) is 5.11 Å². The number of aromatic carboxylic acids is 1. The largest absolute Gasteiger partial charge is 0.478 e. The van der Waals surface area contributed by atoms with Crippen LogP contribution in [-0.2, 0) is 17.8 Å². The summed E-state index contributed by atoms with van der Waals surface area (Å²) in [7, 11) is 0. The number of aliphatic imine (C=N–C) groups is 1. The second-order valence-electron chi connectivity index (χ2n) is 7.33. The highest BCUT2D eigenvalue weighted by Crippen LogP contribution is 2.52. The molecule has 0 spiro atoms. The number of nitrogens with zero attached hydrogens (tertiary/aromatic N) is 1. The van der Waals surface area contributed by atoms with E-state index in [0.717, 1.165) is 18.2 Å². The highest BCUT2D eigenvalue weighted by Gasteiger charge is 2.64. The molecule has 34 heavy (non-hydrogen) atoms. The van der Waals surface area contributed by atoms with Crippen molar-refractivity contribution in [3.8, 4) is 0 Å². The Bertz CT molecular complexity index is 1140. The lowest BCUT2D eigenvalue weighted by atomic mass is 9.75. The van der Waals surface area contributed by atoms with Crippen LogP contribution in [0.5, 0.6) is 0 Å². The number of carbonyl (C=O) groups is 1. The van der Waals surface area contributed by atoms with E-state index in [1.165, 1.54) is 0 Å². The zero-order valence-electron chi connectivity index (χ0n) is 16.2. The van der Waals surface area contributed by atoms with Crippen molar-refractivity contribution in [3.63, 3.8) is 0 Å². The van der Waals surface area contributed by atoms with E-state index in [9.17, 15) is 44.3 Å². The molecule has 0 fully saturated rings. The molecule has 0 aliphatic carbocycles. The van der Waals surface area contributed by atoms with Crippen LogP contribution in [0.4, 0.5) is 39.5 Å². The summed E-state index contributed by atoms with van der Waals surface area (Å²) in [5, 5.41) is 9.09. The van der Waals surface area contributed by atoms with Crippen molar-refractivity contribution in [2.24, 2.45) is 4.99 Å². The zero-order chi connectivity index (χ0) is 25.9. The Balaban J connectivity index is 2.21. The van der Waals surface area contributed by atoms with Gasteiger partial charge in [0.05, 0.1) is 33.8 Å². The lowest BCUT2D eigenvalue weighted by Gasteiger charge is -2.36. The number of benzene rings is 2. The van der Waals surface area contributed by atoms with Gasteiger partial charge in [-0.3, -0.25) is 4.99 Å². The number of carboxylic acid groups (broad SMARTS) is 1. The number of rotatable bonds is 3. The van der Waals surface area contributed by atoms with Crippen molar-refractivity contribution in [2.75, 3.05) is 6.54 Å². The molecule has 1 heterocycles. The van der Waals surface area contributed by atoms with Crippen molar-refractivity contribution in [3.05, 3.63) is 68.7 Å². The molecule has 0 aromatic heterocycles. The number of hydrogen-bond acceptors (Lipinski definition) is 2. The molecule has 14 heteroatoms. The summed E-state index contributed by atoms with van der Waals surface area (Å²) in [5.74, 6) is -1.34. The summed E-state index contributed by atoms with van der Waals surface area (Å²) in [5.41, 5.74) is -8.84. The van der Waals surface area contributed by atoms with Crippen molar-refractivity contribution in [1.82, 2.24) is 0 Å². The Kier molecular flexibility index (Phi) is 6.66. The first kappa shape index (κ1) is 26.5. The molecule has 2 atom stereocenters. The quantitative estimate of drug-likeness (QED) is 0.288. The highest BCUT2D eigenvalue weighted by molar-refractivity contribution is 9.10. The summed E-state index contributed by atoms with van der Waals surface area (Å²) in [6, 6.07) is 3.19. The molecule has 0 saturated carbocycles. The first-order valence-corrected chi connectivity index (χ1v) is 10.7. The lowest BCUT2D eigenvalue weighted by Crippen LogP contribution is -2.51. The van der Waals surface area contributed by atoms with Crippen LogP contribution in [0.3, 0.4) is 0 Å². The molecule has 2 aromatic rings. The van der Waals surface area contributed by atoms with Crippen molar-refractivity contribution >= 4 is 43.5 Å². The Morgan fingerprint density at radius 1 is 0.941 bits per heavy atom. The van der Waals surface area contributed by atoms with Gasteiger partial charge in [-0.25, -0.2) is 4.79 Å². The minimum atomic E-state index is -5.34. The molecule has 3 nitrogen and oxygen atoms in total. The minimum Gasteiger partial charge on any atom is -0.478 e. The van der Waals surface area contributed by atoms with Gasteiger partial charge >= 0.3 is 24.5 Å². The van der Waals surface area contributed by atoms with Gasteiger partial charge < -0.3 is 5.11 Å². The van der Waals surface area contributed by atoms with E-state index in [1.807, 2.05) is 0 Å². The van der Waals surface area contributed by atoms with Crippen LogP contribution < -0.4 is 0 Å². The molecular formula is C20H10Br2F9NO2. The molecular weight excluding hydrogens is 617 g/mol. The van der Waals surface area contributed by atoms with Gasteiger partial charge in [-0.1, -0.05) is 22.0 Å². The summed E-state index contributed by atoms with van der Waals surface area (Å²) in [6.45, 7) is -1.20. The van der Waals surface area contributed by atoms with Crippen LogP contribution in [0.25, 0.3) is 0 Å². The van der Waals surface area contributed by atoms with E-state index < -0.39 is 58.0 Å². The van der Waals surface area contributed by atoms with E-state index in [-0.39, 0.29) is 39.5 Å². The zero-order valence-corrected chi connectivity index (χ0v) is 19.4. The Hall–Kier alpha value is -2.09. The normalized spacial score (nSPS) is 21.5. The third kappa shape index (κ3) is 4.58. The standard InChI is InChI=1S/C20H10Br2F9NO2/c21-13-3-8(1-2-12(13)16(33)34)14-15(22)17(7-32-14,20(29,30)31)9-4-10(18(23,24)25)6-11(5-9)19(26,27)28/h1-6,15H,7H2,(H,33,34). The number of alkyl halides is 10. The van der Waals surface area contributed by atoms with Crippen LogP contribution in [0.15, 0.2) is 45.9 Å². The maximum atomic E-state index is 14.4. The molecule has 0 radical (unpaired) electrons. The average Bonchev–Trinajstić information content (AvgIpc) is 3.04. The summed E-state index contributed by atoms with van der Waals surface area (Å²) in [6.07, 6.45) is -16.0. The van der Waals surface area contributed by atoms with Crippen molar-refractivity contribution in [2.45, 2.75) is 28.8 Å². The van der Waals surface area contributed by atoms with Crippen LogP contribution in [0.2, 0.25) is 0 Å². The summed E-state index contributed by atoms with van der Waals surface area (Å²) >= 11 is 5.78. The van der Waals surface area contributed by atoms with Gasteiger partial charge in [0.15, 0.2) is 0 Å². The first-order chi connectivity index (χ1) is 15.4. The Morgan fingerprint density at radius 3 is 1.88 bits per heavy atom. The fourth-order valence-corrected chi connectivity index (χ4v) is 5.16. The van der Waals surface area contributed by atoms with Gasteiger partial charge in [0.2, 0.25) is 0 Å².